The van der Waals surface area contributed by atoms with Gasteiger partial charge in [0, 0.05) is 23.4 Å². The van der Waals surface area contributed by atoms with Gasteiger partial charge in [-0.3, -0.25) is 4.98 Å². The zero-order valence-corrected chi connectivity index (χ0v) is 13.6. The van der Waals surface area contributed by atoms with Crippen molar-refractivity contribution < 1.29 is 0 Å². The van der Waals surface area contributed by atoms with E-state index in [4.69, 9.17) is 18.0 Å². The summed E-state index contributed by atoms with van der Waals surface area (Å²) in [6.45, 7) is 6.23. The molecule has 0 saturated heterocycles. The first-order chi connectivity index (χ1) is 10.4. The van der Waals surface area contributed by atoms with E-state index in [-0.39, 0.29) is 5.41 Å². The van der Waals surface area contributed by atoms with Crippen LogP contribution in [0.25, 0.3) is 16.9 Å². The largest absolute Gasteiger partial charge is 0.389 e. The van der Waals surface area contributed by atoms with Crippen LogP contribution < -0.4 is 5.73 Å². The summed E-state index contributed by atoms with van der Waals surface area (Å²) in [7, 11) is 0. The maximum Gasteiger partial charge on any atom is 0.166 e. The second-order valence-corrected chi connectivity index (χ2v) is 6.59. The molecule has 22 heavy (non-hydrogen) atoms. The maximum absolute atomic E-state index is 5.83. The Labute approximate surface area is 134 Å². The third-order valence-corrected chi connectivity index (χ3v) is 3.62. The van der Waals surface area contributed by atoms with Gasteiger partial charge < -0.3 is 5.73 Å². The van der Waals surface area contributed by atoms with Crippen molar-refractivity contribution in [1.82, 2.24) is 19.6 Å². The van der Waals surface area contributed by atoms with Crippen LogP contribution in [0.3, 0.4) is 0 Å². The van der Waals surface area contributed by atoms with Crippen LogP contribution >= 0.6 is 12.2 Å². The average molecular weight is 311 g/mol. The van der Waals surface area contributed by atoms with E-state index in [1.807, 2.05) is 28.8 Å². The predicted octanol–water partition coefficient (Wildman–Crippen LogP) is 2.72. The number of nitrogens with zero attached hydrogens (tertiary/aromatic N) is 4. The molecule has 6 heteroatoms. The van der Waals surface area contributed by atoms with Crippen LogP contribution in [-0.2, 0) is 5.41 Å². The Bertz CT molecular complexity index is 846. The van der Waals surface area contributed by atoms with Crippen LogP contribution in [0.4, 0.5) is 0 Å². The van der Waals surface area contributed by atoms with Gasteiger partial charge in [-0.1, -0.05) is 33.0 Å². The Kier molecular flexibility index (Phi) is 3.41. The summed E-state index contributed by atoms with van der Waals surface area (Å²) in [5.74, 6) is 0.756. The van der Waals surface area contributed by atoms with Crippen molar-refractivity contribution in [2.75, 3.05) is 0 Å². The fourth-order valence-electron chi connectivity index (χ4n) is 2.21. The molecule has 5 nitrogen and oxygen atoms in total. The highest BCUT2D eigenvalue weighted by Crippen LogP contribution is 2.25. The van der Waals surface area contributed by atoms with Gasteiger partial charge in [-0.15, -0.1) is 0 Å². The van der Waals surface area contributed by atoms with Gasteiger partial charge in [0.15, 0.2) is 11.5 Å². The van der Waals surface area contributed by atoms with E-state index in [1.165, 1.54) is 0 Å². The fraction of sp³-hybridized carbons (Fsp3) is 0.250. The molecule has 0 fully saturated rings. The summed E-state index contributed by atoms with van der Waals surface area (Å²) in [6, 6.07) is 7.73. The first-order valence-corrected chi connectivity index (χ1v) is 7.39. The van der Waals surface area contributed by atoms with Gasteiger partial charge in [-0.25, -0.2) is 9.50 Å². The number of hydrogen-bond acceptors (Lipinski definition) is 4. The molecule has 0 bridgehead atoms. The number of nitrogens with two attached hydrogens (primary N) is 1. The van der Waals surface area contributed by atoms with Crippen molar-refractivity contribution in [2.24, 2.45) is 5.73 Å². The van der Waals surface area contributed by atoms with Crippen molar-refractivity contribution >= 4 is 22.9 Å². The number of thiocarbonyl (C=S) groups is 1. The van der Waals surface area contributed by atoms with Gasteiger partial charge in [0.1, 0.15) is 4.99 Å². The summed E-state index contributed by atoms with van der Waals surface area (Å²) in [6.07, 6.45) is 3.51. The Hall–Kier alpha value is -2.34. The minimum Gasteiger partial charge on any atom is -0.389 e. The number of fused-ring (bicyclic) bond motifs is 1. The topological polar surface area (TPSA) is 69.1 Å². The molecule has 0 saturated carbocycles. The van der Waals surface area contributed by atoms with Crippen molar-refractivity contribution in [3.63, 3.8) is 0 Å². The summed E-state index contributed by atoms with van der Waals surface area (Å²) < 4.78 is 1.81. The predicted molar refractivity (Wildman–Crippen MR) is 90.8 cm³/mol. The molecule has 3 aromatic heterocycles. The summed E-state index contributed by atoms with van der Waals surface area (Å²) in [5.41, 5.74) is 9.03. The lowest BCUT2D eigenvalue weighted by molar-refractivity contribution is 0.545. The van der Waals surface area contributed by atoms with Crippen LogP contribution in [0.5, 0.6) is 0 Å². The van der Waals surface area contributed by atoms with Crippen molar-refractivity contribution in [3.8, 4) is 11.3 Å². The second-order valence-electron chi connectivity index (χ2n) is 6.15. The Morgan fingerprint density at radius 1 is 1.14 bits per heavy atom. The van der Waals surface area contributed by atoms with E-state index in [9.17, 15) is 0 Å². The van der Waals surface area contributed by atoms with Gasteiger partial charge in [-0.2, -0.15) is 5.10 Å². The summed E-state index contributed by atoms with van der Waals surface area (Å²) in [4.78, 5) is 9.03. The Balaban J connectivity index is 2.34. The zero-order valence-electron chi connectivity index (χ0n) is 12.7. The van der Waals surface area contributed by atoms with Gasteiger partial charge in [0.05, 0.1) is 11.3 Å². The minimum absolute atomic E-state index is 0.158. The fourth-order valence-corrected chi connectivity index (χ4v) is 2.37. The quantitative estimate of drug-likeness (QED) is 0.737. The van der Waals surface area contributed by atoms with E-state index < -0.39 is 0 Å². The van der Waals surface area contributed by atoms with E-state index >= 15 is 0 Å². The first kappa shape index (κ1) is 14.6. The Morgan fingerprint density at radius 3 is 2.41 bits per heavy atom. The molecule has 0 aliphatic heterocycles. The third kappa shape index (κ3) is 2.46. The van der Waals surface area contributed by atoms with E-state index in [0.717, 1.165) is 22.6 Å². The zero-order chi connectivity index (χ0) is 15.9. The minimum atomic E-state index is -0.158. The standard InChI is InChI=1S/C16H17N5S/c1-16(2,3)15-19-14-11(13(17)22)4-5-12(21(14)20-15)10-6-8-18-9-7-10/h4-9H,1-3H3,(H2,17,22). The molecule has 0 unspecified atom stereocenters. The third-order valence-electron chi connectivity index (χ3n) is 3.40. The average Bonchev–Trinajstić information content (AvgIpc) is 2.92. The summed E-state index contributed by atoms with van der Waals surface area (Å²) >= 11 is 5.14. The van der Waals surface area contributed by atoms with Crippen molar-refractivity contribution in [1.29, 1.82) is 0 Å². The molecule has 0 aromatic carbocycles. The highest BCUT2D eigenvalue weighted by molar-refractivity contribution is 7.80. The molecule has 112 valence electrons. The molecular formula is C16H17N5S. The van der Waals surface area contributed by atoms with Gasteiger partial charge in [0.2, 0.25) is 0 Å². The summed E-state index contributed by atoms with van der Waals surface area (Å²) in [5, 5.41) is 4.67. The highest BCUT2D eigenvalue weighted by Gasteiger charge is 2.22. The molecule has 0 aliphatic rings. The first-order valence-electron chi connectivity index (χ1n) is 6.98. The normalized spacial score (nSPS) is 11.8. The van der Waals surface area contributed by atoms with Crippen LogP contribution in [0, 0.1) is 0 Å². The van der Waals surface area contributed by atoms with Crippen molar-refractivity contribution in [2.45, 2.75) is 26.2 Å². The lowest BCUT2D eigenvalue weighted by atomic mass is 9.96. The van der Waals surface area contributed by atoms with E-state index in [2.05, 4.69) is 35.8 Å². The molecule has 0 radical (unpaired) electrons. The number of pyridine rings is 2. The van der Waals surface area contributed by atoms with Gasteiger partial charge >= 0.3 is 0 Å². The maximum atomic E-state index is 5.83. The van der Waals surface area contributed by atoms with Crippen LogP contribution in [-0.4, -0.2) is 24.6 Å². The number of hydrogen-bond donors (Lipinski definition) is 1. The second kappa shape index (κ2) is 5.14. The molecule has 0 aliphatic carbocycles. The molecule has 0 atom stereocenters. The molecule has 0 spiro atoms. The van der Waals surface area contributed by atoms with Gasteiger partial charge in [-0.05, 0) is 24.3 Å². The van der Waals surface area contributed by atoms with Crippen LogP contribution in [0.2, 0.25) is 0 Å². The van der Waals surface area contributed by atoms with E-state index in [0.29, 0.717) is 10.6 Å². The van der Waals surface area contributed by atoms with Gasteiger partial charge in [0.25, 0.3) is 0 Å². The monoisotopic (exact) mass is 311 g/mol. The SMILES string of the molecule is CC(C)(C)c1nc2c(C(N)=S)ccc(-c3ccncc3)n2n1. The molecule has 0 amide bonds. The molecule has 3 aromatic rings. The lowest BCUT2D eigenvalue weighted by Gasteiger charge is -2.11. The lowest BCUT2D eigenvalue weighted by Crippen LogP contribution is -2.13. The smallest absolute Gasteiger partial charge is 0.166 e. The van der Waals surface area contributed by atoms with E-state index in [1.54, 1.807) is 12.4 Å². The molecule has 3 heterocycles. The van der Waals surface area contributed by atoms with Crippen molar-refractivity contribution in [3.05, 3.63) is 48.0 Å². The molecule has 3 rings (SSSR count). The highest BCUT2D eigenvalue weighted by atomic mass is 32.1. The molecule has 2 N–H and O–H groups in total. The molecular weight excluding hydrogens is 294 g/mol. The van der Waals surface area contributed by atoms with Crippen LogP contribution in [0.15, 0.2) is 36.7 Å². The van der Waals surface area contributed by atoms with Crippen LogP contribution in [0.1, 0.15) is 32.2 Å². The number of aromatic nitrogens is 4. The number of rotatable bonds is 2. The Morgan fingerprint density at radius 2 is 1.82 bits per heavy atom.